The first-order chi connectivity index (χ1) is 4.33. The Morgan fingerprint density at radius 1 is 1.50 bits per heavy atom. The van der Waals surface area contributed by atoms with Crippen molar-refractivity contribution in [1.29, 1.82) is 0 Å². The summed E-state index contributed by atoms with van der Waals surface area (Å²) in [5, 5.41) is 0. The maximum absolute atomic E-state index is 5.60. The van der Waals surface area contributed by atoms with Crippen molar-refractivity contribution >= 4 is 12.4 Å². The zero-order valence-electron chi connectivity index (χ0n) is 6.08. The van der Waals surface area contributed by atoms with E-state index in [1.54, 1.807) is 7.11 Å². The van der Waals surface area contributed by atoms with Gasteiger partial charge < -0.3 is 15.2 Å². The Morgan fingerprint density at radius 2 is 2.20 bits per heavy atom. The average molecular weight is 168 g/mol. The highest BCUT2D eigenvalue weighted by atomic mass is 35.5. The SMILES string of the molecule is CO[C@@H]1COC[C@H](N)C1.Cl. The molecule has 2 N–H and O–H groups in total. The first-order valence-corrected chi connectivity index (χ1v) is 3.19. The second kappa shape index (κ2) is 4.91. The fourth-order valence-corrected chi connectivity index (χ4v) is 0.989. The van der Waals surface area contributed by atoms with Crippen LogP contribution in [0.15, 0.2) is 0 Å². The van der Waals surface area contributed by atoms with E-state index >= 15 is 0 Å². The van der Waals surface area contributed by atoms with Gasteiger partial charge in [-0.05, 0) is 6.42 Å². The summed E-state index contributed by atoms with van der Waals surface area (Å²) in [7, 11) is 1.69. The normalized spacial score (nSPS) is 33.0. The molecule has 62 valence electrons. The van der Waals surface area contributed by atoms with Gasteiger partial charge in [0.1, 0.15) is 0 Å². The highest BCUT2D eigenvalue weighted by molar-refractivity contribution is 5.85. The Morgan fingerprint density at radius 3 is 2.60 bits per heavy atom. The predicted molar refractivity (Wildman–Crippen MR) is 41.5 cm³/mol. The van der Waals surface area contributed by atoms with E-state index in [0.29, 0.717) is 13.2 Å². The molecule has 0 saturated carbocycles. The Kier molecular flexibility index (Phi) is 4.99. The third-order valence-electron chi connectivity index (χ3n) is 1.53. The topological polar surface area (TPSA) is 44.5 Å². The van der Waals surface area contributed by atoms with Crippen LogP contribution in [0.1, 0.15) is 6.42 Å². The zero-order valence-corrected chi connectivity index (χ0v) is 6.89. The van der Waals surface area contributed by atoms with Crippen molar-refractivity contribution in [2.75, 3.05) is 20.3 Å². The van der Waals surface area contributed by atoms with Crippen LogP contribution in [0.4, 0.5) is 0 Å². The van der Waals surface area contributed by atoms with Gasteiger partial charge in [-0.15, -0.1) is 12.4 Å². The van der Waals surface area contributed by atoms with Crippen LogP contribution in [0.25, 0.3) is 0 Å². The molecule has 4 heteroatoms. The first-order valence-electron chi connectivity index (χ1n) is 3.19. The van der Waals surface area contributed by atoms with Crippen molar-refractivity contribution in [1.82, 2.24) is 0 Å². The molecule has 1 rings (SSSR count). The van der Waals surface area contributed by atoms with Crippen LogP contribution in [0.2, 0.25) is 0 Å². The number of ether oxygens (including phenoxy) is 2. The molecule has 1 saturated heterocycles. The highest BCUT2D eigenvalue weighted by Gasteiger charge is 2.18. The van der Waals surface area contributed by atoms with Gasteiger partial charge in [-0.25, -0.2) is 0 Å². The van der Waals surface area contributed by atoms with E-state index in [2.05, 4.69) is 0 Å². The average Bonchev–Trinajstić information content (AvgIpc) is 1.88. The lowest BCUT2D eigenvalue weighted by Gasteiger charge is -2.25. The molecule has 2 atom stereocenters. The van der Waals surface area contributed by atoms with Crippen LogP contribution in [0.3, 0.4) is 0 Å². The van der Waals surface area contributed by atoms with Crippen LogP contribution < -0.4 is 5.73 Å². The van der Waals surface area contributed by atoms with Crippen LogP contribution in [-0.4, -0.2) is 32.5 Å². The Balaban J connectivity index is 0.000000810. The third-order valence-corrected chi connectivity index (χ3v) is 1.53. The van der Waals surface area contributed by atoms with Crippen molar-refractivity contribution in [3.63, 3.8) is 0 Å². The van der Waals surface area contributed by atoms with Crippen molar-refractivity contribution < 1.29 is 9.47 Å². The molecule has 0 amide bonds. The van der Waals surface area contributed by atoms with E-state index in [4.69, 9.17) is 15.2 Å². The maximum atomic E-state index is 5.60. The number of halogens is 1. The summed E-state index contributed by atoms with van der Waals surface area (Å²) in [5.41, 5.74) is 5.60. The number of rotatable bonds is 1. The number of hydrogen-bond donors (Lipinski definition) is 1. The molecule has 0 radical (unpaired) electrons. The number of hydrogen-bond acceptors (Lipinski definition) is 3. The summed E-state index contributed by atoms with van der Waals surface area (Å²) in [4.78, 5) is 0. The molecule has 10 heavy (non-hydrogen) atoms. The zero-order chi connectivity index (χ0) is 6.69. The summed E-state index contributed by atoms with van der Waals surface area (Å²) in [6.45, 7) is 1.38. The van der Waals surface area contributed by atoms with E-state index < -0.39 is 0 Å². The number of nitrogens with two attached hydrogens (primary N) is 1. The fraction of sp³-hybridized carbons (Fsp3) is 1.00. The van der Waals surface area contributed by atoms with Gasteiger partial charge in [0.25, 0.3) is 0 Å². The van der Waals surface area contributed by atoms with Gasteiger partial charge in [0.15, 0.2) is 0 Å². The van der Waals surface area contributed by atoms with Crippen LogP contribution in [0, 0.1) is 0 Å². The monoisotopic (exact) mass is 167 g/mol. The second-order valence-corrected chi connectivity index (χ2v) is 2.39. The molecular formula is C6H14ClNO2. The minimum Gasteiger partial charge on any atom is -0.379 e. The Labute approximate surface area is 67.3 Å². The molecule has 1 aliphatic rings. The highest BCUT2D eigenvalue weighted by Crippen LogP contribution is 2.07. The maximum Gasteiger partial charge on any atom is 0.0820 e. The van der Waals surface area contributed by atoms with Gasteiger partial charge >= 0.3 is 0 Å². The predicted octanol–water partition coefficient (Wildman–Crippen LogP) is 0.171. The van der Waals surface area contributed by atoms with Crippen molar-refractivity contribution in [3.05, 3.63) is 0 Å². The standard InChI is InChI=1S/C6H13NO2.ClH/c1-8-6-2-5(7)3-9-4-6;/h5-6H,2-4,7H2,1H3;1H/t5-,6+;/m1./s1. The van der Waals surface area contributed by atoms with E-state index in [1.807, 2.05) is 0 Å². The second-order valence-electron chi connectivity index (χ2n) is 2.39. The molecule has 0 aromatic rings. The lowest BCUT2D eigenvalue weighted by atomic mass is 10.1. The molecule has 0 aliphatic carbocycles. The summed E-state index contributed by atoms with van der Waals surface area (Å²) in [6.07, 6.45) is 1.14. The van der Waals surface area contributed by atoms with Gasteiger partial charge in [-0.3, -0.25) is 0 Å². The molecule has 1 aliphatic heterocycles. The molecule has 0 unspecified atom stereocenters. The lowest BCUT2D eigenvalue weighted by Crippen LogP contribution is -2.39. The van der Waals surface area contributed by atoms with Crippen LogP contribution in [0.5, 0.6) is 0 Å². The van der Waals surface area contributed by atoms with Gasteiger partial charge in [0.2, 0.25) is 0 Å². The van der Waals surface area contributed by atoms with E-state index in [9.17, 15) is 0 Å². The summed E-state index contributed by atoms with van der Waals surface area (Å²) in [6, 6.07) is 0.170. The molecule has 3 nitrogen and oxygen atoms in total. The Hall–Kier alpha value is 0.170. The van der Waals surface area contributed by atoms with Crippen LogP contribution in [-0.2, 0) is 9.47 Å². The minimum atomic E-state index is 0. The summed E-state index contributed by atoms with van der Waals surface area (Å²) >= 11 is 0. The summed E-state index contributed by atoms with van der Waals surface area (Å²) < 4.78 is 10.2. The van der Waals surface area contributed by atoms with Gasteiger partial charge in [0.05, 0.1) is 19.3 Å². The third kappa shape index (κ3) is 2.84. The van der Waals surface area contributed by atoms with Gasteiger partial charge in [0, 0.05) is 13.2 Å². The largest absolute Gasteiger partial charge is 0.379 e. The van der Waals surface area contributed by atoms with E-state index in [-0.39, 0.29) is 24.6 Å². The van der Waals surface area contributed by atoms with Crippen molar-refractivity contribution in [3.8, 4) is 0 Å². The quantitative estimate of drug-likeness (QED) is 0.606. The molecule has 1 fully saturated rings. The molecule has 0 aromatic carbocycles. The fourth-order valence-electron chi connectivity index (χ4n) is 0.989. The molecule has 1 heterocycles. The molecule has 0 bridgehead atoms. The van der Waals surface area contributed by atoms with E-state index in [0.717, 1.165) is 6.42 Å². The van der Waals surface area contributed by atoms with Crippen molar-refractivity contribution in [2.24, 2.45) is 5.73 Å². The summed E-state index contributed by atoms with van der Waals surface area (Å²) in [5.74, 6) is 0. The first kappa shape index (κ1) is 10.2. The molecule has 0 aromatic heterocycles. The van der Waals surface area contributed by atoms with E-state index in [1.165, 1.54) is 0 Å². The lowest BCUT2D eigenvalue weighted by molar-refractivity contribution is -0.0377. The molecular weight excluding hydrogens is 154 g/mol. The molecule has 0 spiro atoms. The Bertz CT molecular complexity index is 91.8. The van der Waals surface area contributed by atoms with Crippen molar-refractivity contribution in [2.45, 2.75) is 18.6 Å². The number of methoxy groups -OCH3 is 1. The van der Waals surface area contributed by atoms with Crippen LogP contribution >= 0.6 is 12.4 Å². The minimum absolute atomic E-state index is 0. The van der Waals surface area contributed by atoms with Gasteiger partial charge in [-0.1, -0.05) is 0 Å². The smallest absolute Gasteiger partial charge is 0.0820 e. The van der Waals surface area contributed by atoms with Gasteiger partial charge in [-0.2, -0.15) is 0 Å².